The third-order valence-electron chi connectivity index (χ3n) is 1.75. The van der Waals surface area contributed by atoms with E-state index in [-0.39, 0.29) is 0 Å². The summed E-state index contributed by atoms with van der Waals surface area (Å²) >= 11 is 0. The summed E-state index contributed by atoms with van der Waals surface area (Å²) in [6.45, 7) is 2.05. The molecule has 0 fully saturated rings. The van der Waals surface area contributed by atoms with Crippen molar-refractivity contribution in [2.75, 3.05) is 21.1 Å². The Balaban J connectivity index is 3.95. The average molecular weight is 130 g/mol. The molecule has 1 unspecified atom stereocenters. The van der Waals surface area contributed by atoms with E-state index in [4.69, 9.17) is 5.41 Å². The van der Waals surface area contributed by atoms with Gasteiger partial charge in [0, 0.05) is 6.92 Å². The molecular weight excluding hydrogens is 114 g/mol. The summed E-state index contributed by atoms with van der Waals surface area (Å²) in [5, 5.41) is 10.1. The molecule has 0 bridgehead atoms. The average Bonchev–Trinajstić information content (AvgIpc) is 1.86. The minimum atomic E-state index is 0.308. The number of nitrogens with zero attached hydrogens (tertiary/aromatic N) is 1. The summed E-state index contributed by atoms with van der Waals surface area (Å²) in [5.74, 6) is 0. The van der Waals surface area contributed by atoms with Gasteiger partial charge in [-0.3, -0.25) is 15.2 Å². The number of hydrogen-bond donors (Lipinski definition) is 2. The Hall–Kier alpha value is -0.410. The molecule has 2 N–H and O–H groups in total. The second kappa shape index (κ2) is 2.94. The van der Waals surface area contributed by atoms with Crippen molar-refractivity contribution in [3.8, 4) is 0 Å². The summed E-state index contributed by atoms with van der Waals surface area (Å²) < 4.78 is 0.580. The molecule has 0 amide bonds. The number of rotatable bonds is 3. The normalized spacial score (nSPS) is 15.1. The van der Waals surface area contributed by atoms with E-state index < -0.39 is 0 Å². The lowest BCUT2D eigenvalue weighted by molar-refractivity contribution is -0.822. The van der Waals surface area contributed by atoms with E-state index in [2.05, 4.69) is 5.32 Å². The first kappa shape index (κ1) is 8.59. The van der Waals surface area contributed by atoms with Gasteiger partial charge in [0.15, 0.2) is 6.34 Å². The van der Waals surface area contributed by atoms with Gasteiger partial charge in [0.05, 0.1) is 14.1 Å². The molecule has 0 rings (SSSR count). The van der Waals surface area contributed by atoms with Crippen LogP contribution < -0.4 is 5.32 Å². The molecule has 54 valence electrons. The van der Waals surface area contributed by atoms with Crippen LogP contribution in [0.5, 0.6) is 0 Å². The highest BCUT2D eigenvalue weighted by molar-refractivity contribution is 5.40. The monoisotopic (exact) mass is 130 g/mol. The fourth-order valence-electron chi connectivity index (χ4n) is 0.445. The Morgan fingerprint density at radius 3 is 2.11 bits per heavy atom. The lowest BCUT2D eigenvalue weighted by atomic mass is 10.4. The number of nitrogens with one attached hydrogen (secondary N) is 2. The van der Waals surface area contributed by atoms with Gasteiger partial charge in [-0.15, -0.1) is 0 Å². The summed E-state index contributed by atoms with van der Waals surface area (Å²) in [6.07, 6.45) is 1.73. The molecule has 0 radical (unpaired) electrons. The van der Waals surface area contributed by atoms with Crippen LogP contribution in [0.4, 0.5) is 0 Å². The lowest BCUT2D eigenvalue weighted by Gasteiger charge is -2.29. The number of hydrogen-bond acceptors (Lipinski definition) is 2. The van der Waals surface area contributed by atoms with Crippen LogP contribution in [0.1, 0.15) is 6.92 Å². The van der Waals surface area contributed by atoms with E-state index in [1.54, 1.807) is 0 Å². The number of quaternary nitrogens is 1. The molecule has 3 heteroatoms. The third kappa shape index (κ3) is 2.11. The topological polar surface area (TPSA) is 35.9 Å². The Bertz CT molecular complexity index is 98.5. The van der Waals surface area contributed by atoms with Gasteiger partial charge in [-0.05, 0) is 7.05 Å². The molecule has 0 aliphatic carbocycles. The van der Waals surface area contributed by atoms with Gasteiger partial charge < -0.3 is 0 Å². The van der Waals surface area contributed by atoms with Gasteiger partial charge in [-0.2, -0.15) is 0 Å². The van der Waals surface area contributed by atoms with E-state index >= 15 is 0 Å². The molecule has 0 aliphatic rings. The Kier molecular flexibility index (Phi) is 2.81. The van der Waals surface area contributed by atoms with E-state index in [0.717, 1.165) is 0 Å². The molecular formula is C6H16N3+. The maximum absolute atomic E-state index is 7.05. The van der Waals surface area contributed by atoms with Crippen molar-refractivity contribution < 1.29 is 4.48 Å². The summed E-state index contributed by atoms with van der Waals surface area (Å²) in [7, 11) is 5.86. The minimum absolute atomic E-state index is 0.308. The van der Waals surface area contributed by atoms with Crippen molar-refractivity contribution >= 4 is 6.34 Å². The first-order valence-corrected chi connectivity index (χ1v) is 3.07. The second-order valence-corrected chi connectivity index (χ2v) is 2.72. The van der Waals surface area contributed by atoms with Crippen molar-refractivity contribution in [1.82, 2.24) is 5.32 Å². The first-order valence-electron chi connectivity index (χ1n) is 3.07. The van der Waals surface area contributed by atoms with Crippen molar-refractivity contribution in [2.24, 2.45) is 0 Å². The van der Waals surface area contributed by atoms with Gasteiger partial charge >= 0.3 is 0 Å². The van der Waals surface area contributed by atoms with E-state index in [1.807, 2.05) is 28.1 Å². The zero-order valence-electron chi connectivity index (χ0n) is 6.60. The fraction of sp³-hybridized carbons (Fsp3) is 0.833. The zero-order chi connectivity index (χ0) is 7.49. The molecule has 3 nitrogen and oxygen atoms in total. The van der Waals surface area contributed by atoms with Gasteiger partial charge in [0.1, 0.15) is 6.17 Å². The largest absolute Gasteiger partial charge is 0.272 e. The molecule has 0 aromatic heterocycles. The van der Waals surface area contributed by atoms with Gasteiger partial charge in [0.25, 0.3) is 0 Å². The van der Waals surface area contributed by atoms with Crippen molar-refractivity contribution in [3.63, 3.8) is 0 Å². The van der Waals surface area contributed by atoms with Crippen LogP contribution in [-0.4, -0.2) is 38.1 Å². The third-order valence-corrected chi connectivity index (χ3v) is 1.75. The summed E-state index contributed by atoms with van der Waals surface area (Å²) in [6, 6.07) is 0. The fourth-order valence-corrected chi connectivity index (χ4v) is 0.445. The Labute approximate surface area is 56.8 Å². The molecule has 0 aromatic carbocycles. The molecule has 0 saturated carbocycles. The Morgan fingerprint density at radius 2 is 2.00 bits per heavy atom. The predicted molar refractivity (Wildman–Crippen MR) is 39.4 cm³/mol. The highest BCUT2D eigenvalue weighted by atomic mass is 15.4. The van der Waals surface area contributed by atoms with E-state index in [9.17, 15) is 0 Å². The van der Waals surface area contributed by atoms with Crippen LogP contribution in [0.25, 0.3) is 0 Å². The van der Waals surface area contributed by atoms with Crippen LogP contribution in [-0.2, 0) is 0 Å². The van der Waals surface area contributed by atoms with Crippen molar-refractivity contribution in [3.05, 3.63) is 0 Å². The molecule has 0 aliphatic heterocycles. The summed E-state index contributed by atoms with van der Waals surface area (Å²) in [4.78, 5) is 0. The van der Waals surface area contributed by atoms with E-state index in [1.165, 1.54) is 6.34 Å². The molecule has 0 heterocycles. The Morgan fingerprint density at radius 1 is 1.56 bits per heavy atom. The maximum atomic E-state index is 7.05. The zero-order valence-corrected chi connectivity index (χ0v) is 6.60. The highest BCUT2D eigenvalue weighted by Gasteiger charge is 2.18. The lowest BCUT2D eigenvalue weighted by Crippen LogP contribution is -2.52. The second-order valence-electron chi connectivity index (χ2n) is 2.72. The van der Waals surface area contributed by atoms with E-state index in [0.29, 0.717) is 10.6 Å². The summed E-state index contributed by atoms with van der Waals surface area (Å²) in [5.41, 5.74) is 0. The molecule has 0 saturated heterocycles. The van der Waals surface area contributed by atoms with Gasteiger partial charge in [-0.25, -0.2) is 0 Å². The molecule has 0 spiro atoms. The van der Waals surface area contributed by atoms with Crippen molar-refractivity contribution in [2.45, 2.75) is 13.1 Å². The smallest absolute Gasteiger partial charge is 0.183 e. The van der Waals surface area contributed by atoms with Crippen LogP contribution in [0.15, 0.2) is 0 Å². The SMILES string of the molecule is CNC(C)[N+](C)(C)C=N. The van der Waals surface area contributed by atoms with Crippen LogP contribution in [0.2, 0.25) is 0 Å². The minimum Gasteiger partial charge on any atom is -0.272 e. The molecule has 9 heavy (non-hydrogen) atoms. The standard InChI is InChI=1S/C6H16N3/c1-6(8-2)9(3,4)5-7/h5-8H,1-4H3/q+1. The molecule has 1 atom stereocenters. The first-order chi connectivity index (χ1) is 4.04. The van der Waals surface area contributed by atoms with Crippen LogP contribution >= 0.6 is 0 Å². The van der Waals surface area contributed by atoms with Crippen molar-refractivity contribution in [1.29, 1.82) is 5.41 Å². The predicted octanol–water partition coefficient (Wildman–Crippen LogP) is 0.235. The van der Waals surface area contributed by atoms with Crippen LogP contribution in [0, 0.1) is 5.41 Å². The van der Waals surface area contributed by atoms with Gasteiger partial charge in [0.2, 0.25) is 0 Å². The quantitative estimate of drug-likeness (QED) is 0.244. The maximum Gasteiger partial charge on any atom is 0.183 e. The van der Waals surface area contributed by atoms with Crippen LogP contribution in [0.3, 0.4) is 0 Å². The highest BCUT2D eigenvalue weighted by Crippen LogP contribution is 1.96. The van der Waals surface area contributed by atoms with Gasteiger partial charge in [-0.1, -0.05) is 0 Å². The molecule has 0 aromatic rings.